The number of carbonyl (C=O) groups is 3. The number of nitrogens with one attached hydrogen (secondary N) is 1. The Morgan fingerprint density at radius 2 is 1.81 bits per heavy atom. The van der Waals surface area contributed by atoms with Crippen molar-refractivity contribution in [3.63, 3.8) is 0 Å². The van der Waals surface area contributed by atoms with Gasteiger partial charge in [-0.15, -0.1) is 0 Å². The van der Waals surface area contributed by atoms with Crippen molar-refractivity contribution in [1.29, 1.82) is 0 Å². The van der Waals surface area contributed by atoms with Crippen LogP contribution in [0.25, 0.3) is 0 Å². The lowest BCUT2D eigenvalue weighted by atomic mass is 9.97. The average molecular weight is 423 g/mol. The minimum Gasteiger partial charge on any atom is -0.449 e. The summed E-state index contributed by atoms with van der Waals surface area (Å²) >= 11 is 0. The second-order valence-corrected chi connectivity index (χ2v) is 8.05. The van der Waals surface area contributed by atoms with Crippen molar-refractivity contribution in [1.82, 2.24) is 4.90 Å². The van der Waals surface area contributed by atoms with E-state index in [2.05, 4.69) is 19.2 Å². The summed E-state index contributed by atoms with van der Waals surface area (Å²) < 4.78 is 5.37. The van der Waals surface area contributed by atoms with Crippen LogP contribution in [0.3, 0.4) is 0 Å². The van der Waals surface area contributed by atoms with Gasteiger partial charge in [-0.2, -0.15) is 0 Å². The van der Waals surface area contributed by atoms with Crippen LogP contribution in [-0.2, 0) is 20.9 Å². The van der Waals surface area contributed by atoms with Gasteiger partial charge in [-0.3, -0.25) is 9.59 Å². The molecule has 0 radical (unpaired) electrons. The van der Waals surface area contributed by atoms with Gasteiger partial charge >= 0.3 is 5.97 Å². The number of ether oxygens (including phenoxy) is 1. The predicted octanol–water partition coefficient (Wildman–Crippen LogP) is 4.51. The zero-order chi connectivity index (χ0) is 22.4. The molecule has 1 aliphatic heterocycles. The molecule has 1 heterocycles. The van der Waals surface area contributed by atoms with Gasteiger partial charge in [0, 0.05) is 25.2 Å². The molecule has 2 aromatic rings. The molecule has 1 aliphatic rings. The highest BCUT2D eigenvalue weighted by Gasteiger charge is 2.22. The van der Waals surface area contributed by atoms with E-state index >= 15 is 0 Å². The molecule has 0 spiro atoms. The quantitative estimate of drug-likeness (QED) is 0.635. The van der Waals surface area contributed by atoms with E-state index in [-0.39, 0.29) is 11.8 Å². The Morgan fingerprint density at radius 3 is 2.45 bits per heavy atom. The summed E-state index contributed by atoms with van der Waals surface area (Å²) in [6.45, 7) is 7.09. The van der Waals surface area contributed by atoms with Crippen LogP contribution in [-0.4, -0.2) is 35.3 Å². The normalized spacial score (nSPS) is 15.5. The Labute approximate surface area is 183 Å². The van der Waals surface area contributed by atoms with E-state index in [1.54, 1.807) is 19.1 Å². The van der Waals surface area contributed by atoms with Crippen molar-refractivity contribution in [3.8, 4) is 0 Å². The lowest BCUT2D eigenvalue weighted by Crippen LogP contribution is -2.30. The zero-order valence-electron chi connectivity index (χ0n) is 18.4. The molecule has 0 bridgehead atoms. The summed E-state index contributed by atoms with van der Waals surface area (Å²) in [4.78, 5) is 38.6. The van der Waals surface area contributed by atoms with Gasteiger partial charge < -0.3 is 15.0 Å². The maximum Gasteiger partial charge on any atom is 0.338 e. The first-order valence-electron chi connectivity index (χ1n) is 10.9. The highest BCUT2D eigenvalue weighted by Crippen LogP contribution is 2.26. The van der Waals surface area contributed by atoms with Crippen LogP contribution in [0, 0.1) is 0 Å². The summed E-state index contributed by atoms with van der Waals surface area (Å²) in [7, 11) is 0. The molecule has 1 N–H and O–H groups in total. The van der Waals surface area contributed by atoms with E-state index in [4.69, 9.17) is 4.74 Å². The standard InChI is InChI=1S/C25H30N2O4/c1-4-17(2)21-8-5-6-9-22(21)26-24(29)18(3)31-25(30)20-13-11-19(12-14-20)16-27-15-7-10-23(27)28/h5-6,8-9,11-14,17-18H,4,7,10,15-16H2,1-3H3,(H,26,29)/t17-,18-/m1/s1. The number of nitrogens with zero attached hydrogens (tertiary/aromatic N) is 1. The summed E-state index contributed by atoms with van der Waals surface area (Å²) in [5.41, 5.74) is 3.13. The fraction of sp³-hybridized carbons (Fsp3) is 0.400. The molecule has 3 rings (SSSR count). The minimum atomic E-state index is -0.931. The SMILES string of the molecule is CC[C@@H](C)c1ccccc1NC(=O)[C@@H](C)OC(=O)c1ccc(CN2CCCC2=O)cc1. The molecule has 0 unspecified atom stereocenters. The lowest BCUT2D eigenvalue weighted by molar-refractivity contribution is -0.128. The van der Waals surface area contributed by atoms with Gasteiger partial charge in [0.1, 0.15) is 0 Å². The van der Waals surface area contributed by atoms with Gasteiger partial charge in [0.15, 0.2) is 6.10 Å². The van der Waals surface area contributed by atoms with Crippen LogP contribution in [0.15, 0.2) is 48.5 Å². The second kappa shape index (κ2) is 10.2. The van der Waals surface area contributed by atoms with E-state index in [1.807, 2.05) is 41.3 Å². The Bertz CT molecular complexity index is 939. The molecule has 0 saturated carbocycles. The van der Waals surface area contributed by atoms with Crippen LogP contribution in [0.5, 0.6) is 0 Å². The molecule has 31 heavy (non-hydrogen) atoms. The topological polar surface area (TPSA) is 75.7 Å². The smallest absolute Gasteiger partial charge is 0.338 e. The first kappa shape index (κ1) is 22.5. The van der Waals surface area contributed by atoms with E-state index in [0.29, 0.717) is 24.4 Å². The highest BCUT2D eigenvalue weighted by atomic mass is 16.5. The van der Waals surface area contributed by atoms with Crippen LogP contribution in [0.4, 0.5) is 5.69 Å². The molecule has 6 heteroatoms. The van der Waals surface area contributed by atoms with Gasteiger partial charge in [0.2, 0.25) is 5.91 Å². The lowest BCUT2D eigenvalue weighted by Gasteiger charge is -2.18. The number of likely N-dealkylation sites (tertiary alicyclic amines) is 1. The Kier molecular flexibility index (Phi) is 7.45. The van der Waals surface area contributed by atoms with Gasteiger partial charge in [-0.05, 0) is 55.0 Å². The molecule has 164 valence electrons. The minimum absolute atomic E-state index is 0.165. The Hall–Kier alpha value is -3.15. The van der Waals surface area contributed by atoms with Crippen molar-refractivity contribution in [2.45, 2.75) is 58.6 Å². The van der Waals surface area contributed by atoms with Gasteiger partial charge in [0.25, 0.3) is 5.91 Å². The predicted molar refractivity (Wildman–Crippen MR) is 120 cm³/mol. The number of hydrogen-bond acceptors (Lipinski definition) is 4. The molecular weight excluding hydrogens is 392 g/mol. The van der Waals surface area contributed by atoms with Gasteiger partial charge in [0.05, 0.1) is 5.56 Å². The summed E-state index contributed by atoms with van der Waals surface area (Å²) in [5.74, 6) is -0.447. The molecule has 0 aromatic heterocycles. The molecule has 1 saturated heterocycles. The van der Waals surface area contributed by atoms with Crippen LogP contribution in [0.1, 0.15) is 67.4 Å². The van der Waals surface area contributed by atoms with E-state index in [1.165, 1.54) is 0 Å². The van der Waals surface area contributed by atoms with E-state index in [0.717, 1.165) is 36.2 Å². The number of carbonyl (C=O) groups excluding carboxylic acids is 3. The zero-order valence-corrected chi connectivity index (χ0v) is 18.4. The monoisotopic (exact) mass is 422 g/mol. The van der Waals surface area contributed by atoms with Crippen molar-refractivity contribution >= 4 is 23.5 Å². The number of esters is 1. The third-order valence-electron chi connectivity index (χ3n) is 5.75. The first-order chi connectivity index (χ1) is 14.9. The molecule has 0 aliphatic carbocycles. The highest BCUT2D eigenvalue weighted by molar-refractivity contribution is 5.97. The fourth-order valence-corrected chi connectivity index (χ4v) is 3.61. The molecule has 1 fully saturated rings. The number of amides is 2. The van der Waals surface area contributed by atoms with Gasteiger partial charge in [-0.25, -0.2) is 4.79 Å². The molecular formula is C25H30N2O4. The molecule has 2 atom stereocenters. The fourth-order valence-electron chi connectivity index (χ4n) is 3.61. The number of anilines is 1. The number of rotatable bonds is 8. The Morgan fingerprint density at radius 1 is 1.10 bits per heavy atom. The third kappa shape index (κ3) is 5.72. The van der Waals surface area contributed by atoms with Crippen molar-refractivity contribution in [3.05, 3.63) is 65.2 Å². The number of hydrogen-bond donors (Lipinski definition) is 1. The number of benzene rings is 2. The van der Waals surface area contributed by atoms with E-state index < -0.39 is 12.1 Å². The largest absolute Gasteiger partial charge is 0.449 e. The summed E-state index contributed by atoms with van der Waals surface area (Å²) in [6.07, 6.45) is 1.52. The molecule has 6 nitrogen and oxygen atoms in total. The maximum atomic E-state index is 12.6. The van der Waals surface area contributed by atoms with Crippen LogP contribution < -0.4 is 5.32 Å². The van der Waals surface area contributed by atoms with Gasteiger partial charge in [-0.1, -0.05) is 44.2 Å². The maximum absolute atomic E-state index is 12.6. The second-order valence-electron chi connectivity index (χ2n) is 8.05. The summed E-state index contributed by atoms with van der Waals surface area (Å²) in [6, 6.07) is 14.6. The average Bonchev–Trinajstić information content (AvgIpc) is 3.18. The van der Waals surface area contributed by atoms with Crippen LogP contribution in [0.2, 0.25) is 0 Å². The third-order valence-corrected chi connectivity index (χ3v) is 5.75. The Balaban J connectivity index is 1.57. The molecule has 2 amide bonds. The molecule has 2 aromatic carbocycles. The first-order valence-corrected chi connectivity index (χ1v) is 10.9. The van der Waals surface area contributed by atoms with E-state index in [9.17, 15) is 14.4 Å². The van der Waals surface area contributed by atoms with Crippen molar-refractivity contribution in [2.24, 2.45) is 0 Å². The summed E-state index contributed by atoms with van der Waals surface area (Å²) in [5, 5.41) is 2.88. The number of para-hydroxylation sites is 1. The van der Waals surface area contributed by atoms with Crippen LogP contribution >= 0.6 is 0 Å². The van der Waals surface area contributed by atoms with Crippen molar-refractivity contribution in [2.75, 3.05) is 11.9 Å². The van der Waals surface area contributed by atoms with Crippen molar-refractivity contribution < 1.29 is 19.1 Å².